The number of hydrogen-bond donors (Lipinski definition) is 2. The van der Waals surface area contributed by atoms with Crippen molar-refractivity contribution in [1.29, 1.82) is 0 Å². The number of aromatic amines is 1. The summed E-state index contributed by atoms with van der Waals surface area (Å²) in [7, 11) is 0. The van der Waals surface area contributed by atoms with Gasteiger partial charge >= 0.3 is 0 Å². The van der Waals surface area contributed by atoms with Gasteiger partial charge in [-0.15, -0.1) is 0 Å². The maximum absolute atomic E-state index is 11.0. The fourth-order valence-electron chi connectivity index (χ4n) is 3.06. The highest BCUT2D eigenvalue weighted by Crippen LogP contribution is 2.39. The van der Waals surface area contributed by atoms with E-state index >= 15 is 0 Å². The van der Waals surface area contributed by atoms with Gasteiger partial charge in [-0.1, -0.05) is 0 Å². The minimum atomic E-state index is 0.0265. The Morgan fingerprint density at radius 2 is 1.52 bits per heavy atom. The summed E-state index contributed by atoms with van der Waals surface area (Å²) < 4.78 is 20.9. The molecule has 2 aromatic carbocycles. The van der Waals surface area contributed by atoms with E-state index in [0.29, 0.717) is 19.0 Å². The highest BCUT2D eigenvalue weighted by molar-refractivity contribution is 5.99. The van der Waals surface area contributed by atoms with Crippen LogP contribution in [0.15, 0.2) is 36.5 Å². The SMILES string of the molecule is O=C1Cc2cc3c(cc2N1)OCO3.c1cc2cc3c(cc2[nH]1)OCO3. The van der Waals surface area contributed by atoms with Crippen LogP contribution in [0.4, 0.5) is 5.69 Å². The summed E-state index contributed by atoms with van der Waals surface area (Å²) in [6.45, 7) is 0.605. The second-order valence-electron chi connectivity index (χ2n) is 5.86. The molecule has 2 N–H and O–H groups in total. The topological polar surface area (TPSA) is 81.8 Å². The molecule has 0 saturated heterocycles. The van der Waals surface area contributed by atoms with Gasteiger partial charge in [0.2, 0.25) is 19.5 Å². The lowest BCUT2D eigenvalue weighted by Crippen LogP contribution is -2.03. The summed E-state index contributed by atoms with van der Waals surface area (Å²) in [5.41, 5.74) is 2.91. The van der Waals surface area contributed by atoms with E-state index in [1.807, 2.05) is 36.5 Å². The number of benzene rings is 2. The lowest BCUT2D eigenvalue weighted by Gasteiger charge is -2.00. The maximum Gasteiger partial charge on any atom is 0.231 e. The molecular formula is C18H14N2O5. The van der Waals surface area contributed by atoms with E-state index < -0.39 is 0 Å². The molecule has 0 unspecified atom stereocenters. The summed E-state index contributed by atoms with van der Waals surface area (Å²) >= 11 is 0. The minimum absolute atomic E-state index is 0.0265. The number of carbonyl (C=O) groups excluding carboxylic acids is 1. The monoisotopic (exact) mass is 338 g/mol. The Labute approximate surface area is 142 Å². The van der Waals surface area contributed by atoms with Crippen LogP contribution in [0.3, 0.4) is 0 Å². The van der Waals surface area contributed by atoms with Crippen molar-refractivity contribution in [3.63, 3.8) is 0 Å². The standard InChI is InChI=1S/C9H7NO3.C9H7NO2/c11-9-2-5-1-7-8(13-4-12-7)3-6(5)10-9;1-2-10-7-4-9-8(3-6(1)7)11-5-12-9/h1,3H,2,4H2,(H,10,11);1-4,10H,5H2. The van der Waals surface area contributed by atoms with Crippen LogP contribution in [0, 0.1) is 0 Å². The van der Waals surface area contributed by atoms with E-state index in [4.69, 9.17) is 18.9 Å². The molecule has 3 aromatic rings. The first-order chi connectivity index (χ1) is 12.3. The average molecular weight is 338 g/mol. The van der Waals surface area contributed by atoms with Crippen LogP contribution in [0.25, 0.3) is 10.9 Å². The molecule has 0 aliphatic carbocycles. The van der Waals surface area contributed by atoms with E-state index in [-0.39, 0.29) is 12.7 Å². The highest BCUT2D eigenvalue weighted by Gasteiger charge is 2.23. The molecule has 0 radical (unpaired) electrons. The number of ether oxygens (including phenoxy) is 4. The van der Waals surface area contributed by atoms with Gasteiger partial charge in [0, 0.05) is 34.9 Å². The van der Waals surface area contributed by atoms with Crippen molar-refractivity contribution in [3.8, 4) is 23.0 Å². The predicted molar refractivity (Wildman–Crippen MR) is 89.3 cm³/mol. The fourth-order valence-corrected chi connectivity index (χ4v) is 3.06. The Bertz CT molecular complexity index is 922. The lowest BCUT2D eigenvalue weighted by molar-refractivity contribution is -0.115. The zero-order chi connectivity index (χ0) is 16.8. The largest absolute Gasteiger partial charge is 0.454 e. The first-order valence-electron chi connectivity index (χ1n) is 7.85. The molecule has 25 heavy (non-hydrogen) atoms. The molecule has 4 heterocycles. The molecule has 0 bridgehead atoms. The van der Waals surface area contributed by atoms with Gasteiger partial charge in [-0.05, 0) is 23.8 Å². The summed E-state index contributed by atoms with van der Waals surface area (Å²) in [6.07, 6.45) is 2.34. The predicted octanol–water partition coefficient (Wildman–Crippen LogP) is 2.81. The lowest BCUT2D eigenvalue weighted by atomic mass is 10.1. The van der Waals surface area contributed by atoms with Gasteiger partial charge in [0.1, 0.15) is 0 Å². The summed E-state index contributed by atoms with van der Waals surface area (Å²) in [6, 6.07) is 9.61. The molecule has 0 atom stereocenters. The third-order valence-electron chi connectivity index (χ3n) is 4.27. The van der Waals surface area contributed by atoms with Crippen molar-refractivity contribution in [2.45, 2.75) is 6.42 Å². The normalized spacial score (nSPS) is 15.6. The number of fused-ring (bicyclic) bond motifs is 4. The third-order valence-corrected chi connectivity index (χ3v) is 4.27. The van der Waals surface area contributed by atoms with E-state index in [1.165, 1.54) is 0 Å². The zero-order valence-electron chi connectivity index (χ0n) is 13.1. The molecule has 6 rings (SSSR count). The van der Waals surface area contributed by atoms with Crippen molar-refractivity contribution in [3.05, 3.63) is 42.1 Å². The smallest absolute Gasteiger partial charge is 0.231 e. The molecule has 7 nitrogen and oxygen atoms in total. The van der Waals surface area contributed by atoms with Crippen molar-refractivity contribution in [2.75, 3.05) is 18.9 Å². The summed E-state index contributed by atoms with van der Waals surface area (Å²) in [5, 5.41) is 3.90. The summed E-state index contributed by atoms with van der Waals surface area (Å²) in [4.78, 5) is 14.1. The Hall–Kier alpha value is -3.35. The fraction of sp³-hybridized carbons (Fsp3) is 0.167. The highest BCUT2D eigenvalue weighted by atomic mass is 16.7. The van der Waals surface area contributed by atoms with Gasteiger partial charge in [0.15, 0.2) is 23.0 Å². The Kier molecular flexibility index (Phi) is 3.00. The molecule has 3 aliphatic heterocycles. The molecule has 1 aromatic heterocycles. The van der Waals surface area contributed by atoms with E-state index in [0.717, 1.165) is 39.4 Å². The Morgan fingerprint density at radius 1 is 0.840 bits per heavy atom. The number of H-pyrrole nitrogens is 1. The molecule has 7 heteroatoms. The third kappa shape index (κ3) is 2.40. The van der Waals surface area contributed by atoms with E-state index in [9.17, 15) is 4.79 Å². The second kappa shape index (κ2) is 5.34. The van der Waals surface area contributed by atoms with Crippen LogP contribution in [0.1, 0.15) is 5.56 Å². The first-order valence-corrected chi connectivity index (χ1v) is 7.85. The van der Waals surface area contributed by atoms with Gasteiger partial charge in [-0.25, -0.2) is 0 Å². The quantitative estimate of drug-likeness (QED) is 0.659. The number of carbonyl (C=O) groups is 1. The first kappa shape index (κ1) is 14.0. The van der Waals surface area contributed by atoms with Gasteiger partial charge in [0.05, 0.1) is 6.42 Å². The van der Waals surface area contributed by atoms with Gasteiger partial charge in [-0.2, -0.15) is 0 Å². The minimum Gasteiger partial charge on any atom is -0.454 e. The van der Waals surface area contributed by atoms with Crippen LogP contribution >= 0.6 is 0 Å². The Balaban J connectivity index is 0.000000112. The van der Waals surface area contributed by atoms with Crippen LogP contribution in [-0.4, -0.2) is 24.5 Å². The number of nitrogens with one attached hydrogen (secondary N) is 2. The van der Waals surface area contributed by atoms with Crippen molar-refractivity contribution in [2.24, 2.45) is 0 Å². The summed E-state index contributed by atoms with van der Waals surface area (Å²) in [5.74, 6) is 3.13. The number of aromatic nitrogens is 1. The average Bonchev–Trinajstić information content (AvgIpc) is 3.36. The van der Waals surface area contributed by atoms with Crippen LogP contribution < -0.4 is 24.3 Å². The molecule has 0 fully saturated rings. The van der Waals surface area contributed by atoms with Gasteiger partial charge < -0.3 is 29.2 Å². The van der Waals surface area contributed by atoms with Crippen molar-refractivity contribution in [1.82, 2.24) is 4.98 Å². The number of rotatable bonds is 0. The zero-order valence-corrected chi connectivity index (χ0v) is 13.1. The molecule has 0 spiro atoms. The van der Waals surface area contributed by atoms with Crippen LogP contribution in [0.2, 0.25) is 0 Å². The van der Waals surface area contributed by atoms with Crippen molar-refractivity contribution < 1.29 is 23.7 Å². The van der Waals surface area contributed by atoms with Crippen LogP contribution in [0.5, 0.6) is 23.0 Å². The second-order valence-corrected chi connectivity index (χ2v) is 5.86. The van der Waals surface area contributed by atoms with Crippen LogP contribution in [-0.2, 0) is 11.2 Å². The number of anilines is 1. The molecular weight excluding hydrogens is 324 g/mol. The number of hydrogen-bond acceptors (Lipinski definition) is 5. The number of amides is 1. The Morgan fingerprint density at radius 3 is 2.32 bits per heavy atom. The van der Waals surface area contributed by atoms with E-state index in [2.05, 4.69) is 10.3 Å². The van der Waals surface area contributed by atoms with Gasteiger partial charge in [-0.3, -0.25) is 4.79 Å². The maximum atomic E-state index is 11.0. The van der Waals surface area contributed by atoms with Crippen molar-refractivity contribution >= 4 is 22.5 Å². The van der Waals surface area contributed by atoms with Gasteiger partial charge in [0.25, 0.3) is 0 Å². The molecule has 3 aliphatic rings. The molecule has 1 amide bonds. The molecule has 126 valence electrons. The van der Waals surface area contributed by atoms with E-state index in [1.54, 1.807) is 0 Å². The molecule has 0 saturated carbocycles.